The molecule has 1 N–H and O–H groups in total. The van der Waals surface area contributed by atoms with Crippen LogP contribution in [-0.2, 0) is 33.1 Å². The summed E-state index contributed by atoms with van der Waals surface area (Å²) in [6, 6.07) is 16.7. The van der Waals surface area contributed by atoms with Gasteiger partial charge in [-0.15, -0.1) is 0 Å². The van der Waals surface area contributed by atoms with Crippen LogP contribution in [0.15, 0.2) is 60.9 Å². The van der Waals surface area contributed by atoms with Crippen molar-refractivity contribution in [3.8, 4) is 5.75 Å². The zero-order chi connectivity index (χ0) is 21.6. The molecule has 0 spiro atoms. The van der Waals surface area contributed by atoms with Gasteiger partial charge in [0.25, 0.3) is 0 Å². The molecular formula is C25H32N4O2. The van der Waals surface area contributed by atoms with Crippen LogP contribution in [0.2, 0.25) is 0 Å². The quantitative estimate of drug-likeness (QED) is 0.577. The van der Waals surface area contributed by atoms with Gasteiger partial charge >= 0.3 is 0 Å². The van der Waals surface area contributed by atoms with Crippen LogP contribution >= 0.6 is 0 Å². The van der Waals surface area contributed by atoms with Gasteiger partial charge in [0, 0.05) is 51.5 Å². The highest BCUT2D eigenvalue weighted by Gasteiger charge is 2.18. The molecule has 0 fully saturated rings. The van der Waals surface area contributed by atoms with Crippen molar-refractivity contribution in [3.63, 3.8) is 0 Å². The molecule has 164 valence electrons. The molecule has 0 bridgehead atoms. The Morgan fingerprint density at radius 2 is 1.90 bits per heavy atom. The first kappa shape index (κ1) is 21.6. The molecule has 0 aliphatic carbocycles. The van der Waals surface area contributed by atoms with E-state index in [2.05, 4.69) is 58.3 Å². The van der Waals surface area contributed by atoms with Gasteiger partial charge in [0.1, 0.15) is 18.5 Å². The van der Waals surface area contributed by atoms with E-state index in [-0.39, 0.29) is 0 Å². The highest BCUT2D eigenvalue weighted by atomic mass is 16.5. The van der Waals surface area contributed by atoms with Crippen LogP contribution in [0.5, 0.6) is 5.75 Å². The van der Waals surface area contributed by atoms with Crippen molar-refractivity contribution in [2.75, 3.05) is 26.7 Å². The minimum atomic E-state index is -0.512. The number of benzene rings is 2. The molecule has 6 nitrogen and oxygen atoms in total. The summed E-state index contributed by atoms with van der Waals surface area (Å²) in [4.78, 5) is 4.55. The molecule has 31 heavy (non-hydrogen) atoms. The molecule has 3 aromatic rings. The van der Waals surface area contributed by atoms with Gasteiger partial charge in [0.15, 0.2) is 0 Å². The summed E-state index contributed by atoms with van der Waals surface area (Å²) in [5.41, 5.74) is 5.17. The number of fused-ring (bicyclic) bond motifs is 1. The van der Waals surface area contributed by atoms with E-state index in [0.717, 1.165) is 38.3 Å². The van der Waals surface area contributed by atoms with Crippen molar-refractivity contribution < 1.29 is 9.84 Å². The van der Waals surface area contributed by atoms with Crippen molar-refractivity contribution in [2.45, 2.75) is 32.2 Å². The largest absolute Gasteiger partial charge is 0.491 e. The first-order valence-corrected chi connectivity index (χ1v) is 10.9. The van der Waals surface area contributed by atoms with Gasteiger partial charge in [-0.05, 0) is 42.3 Å². The number of aryl methyl sites for hydroxylation is 1. The third kappa shape index (κ3) is 6.17. The lowest BCUT2D eigenvalue weighted by atomic mass is 10.00. The van der Waals surface area contributed by atoms with Crippen molar-refractivity contribution >= 4 is 0 Å². The highest BCUT2D eigenvalue weighted by molar-refractivity contribution is 5.29. The molecule has 2 heterocycles. The summed E-state index contributed by atoms with van der Waals surface area (Å²) in [5.74, 6) is 0.801. The smallest absolute Gasteiger partial charge is 0.119 e. The SMILES string of the molecule is CN(Cc1cccc(OC[C@@H](O)CN2CCc3ccccc3C2)c1)Cc1cnn(C)c1. The van der Waals surface area contributed by atoms with Crippen LogP contribution in [0.4, 0.5) is 0 Å². The number of nitrogens with zero attached hydrogens (tertiary/aromatic N) is 4. The first-order valence-electron chi connectivity index (χ1n) is 10.9. The molecule has 1 aliphatic rings. The normalized spacial score (nSPS) is 15.1. The second-order valence-electron chi connectivity index (χ2n) is 8.56. The molecule has 0 radical (unpaired) electrons. The van der Waals surface area contributed by atoms with Gasteiger partial charge in [-0.25, -0.2) is 0 Å². The first-order chi connectivity index (χ1) is 15.0. The Kier molecular flexibility index (Phi) is 7.02. The van der Waals surface area contributed by atoms with Gasteiger partial charge < -0.3 is 9.84 Å². The number of β-amino-alcohol motifs (C(OH)–C–C–N with tert-alkyl or cyclic N) is 1. The van der Waals surface area contributed by atoms with Crippen LogP contribution in [0.3, 0.4) is 0 Å². The van der Waals surface area contributed by atoms with Crippen molar-refractivity contribution in [2.24, 2.45) is 7.05 Å². The summed E-state index contributed by atoms with van der Waals surface area (Å²) in [6.45, 7) is 4.46. The fourth-order valence-corrected chi connectivity index (χ4v) is 4.22. The minimum Gasteiger partial charge on any atom is -0.491 e. The van der Waals surface area contributed by atoms with Crippen molar-refractivity contribution in [1.82, 2.24) is 19.6 Å². The number of hydrogen-bond acceptors (Lipinski definition) is 5. The van der Waals surface area contributed by atoms with E-state index in [1.807, 2.05) is 36.3 Å². The Balaban J connectivity index is 1.24. The fraction of sp³-hybridized carbons (Fsp3) is 0.400. The van der Waals surface area contributed by atoms with E-state index in [1.54, 1.807) is 0 Å². The Morgan fingerprint density at radius 1 is 1.10 bits per heavy atom. The van der Waals surface area contributed by atoms with Gasteiger partial charge in [0.05, 0.1) is 6.20 Å². The molecule has 2 aromatic carbocycles. The second kappa shape index (κ2) is 10.1. The standard InChI is InChI=1S/C25H32N4O2/c1-27(15-21-13-26-28(2)16-21)14-20-6-5-9-25(12-20)31-19-24(30)18-29-11-10-22-7-3-4-8-23(22)17-29/h3-9,12-13,16,24,30H,10-11,14-15,17-19H2,1-2H3/t24-/m0/s1. The lowest BCUT2D eigenvalue weighted by molar-refractivity contribution is 0.0637. The van der Waals surface area contributed by atoms with Gasteiger partial charge in [-0.2, -0.15) is 5.10 Å². The Morgan fingerprint density at radius 3 is 2.71 bits per heavy atom. The maximum atomic E-state index is 10.5. The van der Waals surface area contributed by atoms with E-state index in [9.17, 15) is 5.11 Å². The summed E-state index contributed by atoms with van der Waals surface area (Å²) >= 11 is 0. The van der Waals surface area contributed by atoms with Crippen LogP contribution in [-0.4, -0.2) is 57.5 Å². The van der Waals surface area contributed by atoms with E-state index < -0.39 is 6.10 Å². The van der Waals surface area contributed by atoms with Crippen molar-refractivity contribution in [3.05, 3.63) is 83.2 Å². The maximum Gasteiger partial charge on any atom is 0.119 e. The summed E-state index contributed by atoms with van der Waals surface area (Å²) in [5, 5.41) is 14.7. The molecule has 1 aromatic heterocycles. The predicted molar refractivity (Wildman–Crippen MR) is 122 cm³/mol. The molecule has 0 unspecified atom stereocenters. The van der Waals surface area contributed by atoms with E-state index in [4.69, 9.17) is 4.74 Å². The van der Waals surface area contributed by atoms with E-state index in [1.165, 1.54) is 22.3 Å². The monoisotopic (exact) mass is 420 g/mol. The molecular weight excluding hydrogens is 388 g/mol. The average molecular weight is 421 g/mol. The summed E-state index contributed by atoms with van der Waals surface area (Å²) in [6.07, 6.45) is 4.47. The number of rotatable bonds is 9. The molecule has 4 rings (SSSR count). The van der Waals surface area contributed by atoms with Gasteiger partial charge in [0.2, 0.25) is 0 Å². The minimum absolute atomic E-state index is 0.299. The average Bonchev–Trinajstić information content (AvgIpc) is 3.16. The molecule has 6 heteroatoms. The molecule has 0 amide bonds. The van der Waals surface area contributed by atoms with Gasteiger partial charge in [-0.1, -0.05) is 36.4 Å². The molecule has 1 aliphatic heterocycles. The summed E-state index contributed by atoms with van der Waals surface area (Å²) < 4.78 is 7.74. The lowest BCUT2D eigenvalue weighted by Gasteiger charge is -2.30. The number of aromatic nitrogens is 2. The zero-order valence-corrected chi connectivity index (χ0v) is 18.4. The second-order valence-corrected chi connectivity index (χ2v) is 8.56. The van der Waals surface area contributed by atoms with Crippen LogP contribution < -0.4 is 4.74 Å². The van der Waals surface area contributed by atoms with E-state index >= 15 is 0 Å². The Hall–Kier alpha value is -2.67. The number of aliphatic hydroxyl groups is 1. The van der Waals surface area contributed by atoms with Gasteiger partial charge in [-0.3, -0.25) is 14.5 Å². The maximum absolute atomic E-state index is 10.5. The number of aliphatic hydroxyl groups excluding tert-OH is 1. The topological polar surface area (TPSA) is 53.8 Å². The van der Waals surface area contributed by atoms with Crippen LogP contribution in [0.25, 0.3) is 0 Å². The third-order valence-corrected chi connectivity index (χ3v) is 5.68. The lowest BCUT2D eigenvalue weighted by Crippen LogP contribution is -2.38. The highest BCUT2D eigenvalue weighted by Crippen LogP contribution is 2.19. The molecule has 1 atom stereocenters. The fourth-order valence-electron chi connectivity index (χ4n) is 4.22. The third-order valence-electron chi connectivity index (χ3n) is 5.68. The van der Waals surface area contributed by atoms with Crippen LogP contribution in [0, 0.1) is 0 Å². The Labute approximate surface area is 184 Å². The molecule has 0 saturated heterocycles. The number of ether oxygens (including phenoxy) is 1. The van der Waals surface area contributed by atoms with E-state index in [0.29, 0.717) is 13.2 Å². The summed E-state index contributed by atoms with van der Waals surface area (Å²) in [7, 11) is 4.03. The van der Waals surface area contributed by atoms with Crippen LogP contribution in [0.1, 0.15) is 22.3 Å². The zero-order valence-electron chi connectivity index (χ0n) is 18.4. The Bertz CT molecular complexity index is 987. The number of hydrogen-bond donors (Lipinski definition) is 1. The molecule has 0 saturated carbocycles. The predicted octanol–water partition coefficient (Wildman–Crippen LogP) is 2.85. The van der Waals surface area contributed by atoms with Crippen molar-refractivity contribution in [1.29, 1.82) is 0 Å².